The lowest BCUT2D eigenvalue weighted by Crippen LogP contribution is -2.65. The van der Waals surface area contributed by atoms with E-state index in [1.165, 1.54) is 6.42 Å². The molecule has 2 fully saturated rings. The van der Waals surface area contributed by atoms with Gasteiger partial charge in [0.15, 0.2) is 0 Å². The number of hydrogen-bond acceptors (Lipinski definition) is 3. The van der Waals surface area contributed by atoms with Gasteiger partial charge in [-0.25, -0.2) is 4.72 Å². The zero-order valence-corrected chi connectivity index (χ0v) is 12.9. The second kappa shape index (κ2) is 6.08. The second-order valence-electron chi connectivity index (χ2n) is 6.28. The van der Waals surface area contributed by atoms with Crippen LogP contribution in [0.5, 0.6) is 0 Å². The van der Waals surface area contributed by atoms with Crippen molar-refractivity contribution in [3.8, 4) is 0 Å². The number of hydrogen-bond donors (Lipinski definition) is 2. The average Bonchev–Trinajstić information content (AvgIpc) is 2.38. The third-order valence-electron chi connectivity index (χ3n) is 4.22. The van der Waals surface area contributed by atoms with E-state index in [4.69, 9.17) is 0 Å². The Labute approximate surface area is 117 Å². The monoisotopic (exact) mass is 289 g/mol. The van der Waals surface area contributed by atoms with E-state index in [-0.39, 0.29) is 5.54 Å². The van der Waals surface area contributed by atoms with Gasteiger partial charge in [0.1, 0.15) is 0 Å². The molecule has 2 N–H and O–H groups in total. The van der Waals surface area contributed by atoms with Gasteiger partial charge in [0, 0.05) is 31.7 Å². The molecule has 0 aromatic carbocycles. The zero-order valence-electron chi connectivity index (χ0n) is 12.1. The van der Waals surface area contributed by atoms with Crippen LogP contribution in [-0.4, -0.2) is 44.4 Å². The van der Waals surface area contributed by atoms with Crippen molar-refractivity contribution in [2.24, 2.45) is 5.92 Å². The highest BCUT2D eigenvalue weighted by atomic mass is 32.2. The quantitative estimate of drug-likeness (QED) is 0.814. The number of piperazine rings is 1. The summed E-state index contributed by atoms with van der Waals surface area (Å²) < 4.78 is 29.6. The van der Waals surface area contributed by atoms with E-state index in [1.807, 2.05) is 13.8 Å². The summed E-state index contributed by atoms with van der Waals surface area (Å²) in [6.07, 6.45) is 5.48. The Morgan fingerprint density at radius 1 is 1.26 bits per heavy atom. The average molecular weight is 289 g/mol. The van der Waals surface area contributed by atoms with Crippen molar-refractivity contribution in [2.75, 3.05) is 26.2 Å². The van der Waals surface area contributed by atoms with Crippen molar-refractivity contribution < 1.29 is 8.42 Å². The predicted octanol–water partition coefficient (Wildman–Crippen LogP) is 1.08. The Bertz CT molecular complexity index is 380. The van der Waals surface area contributed by atoms with E-state index >= 15 is 0 Å². The first-order valence-electron chi connectivity index (χ1n) is 7.44. The van der Waals surface area contributed by atoms with Crippen LogP contribution in [0.1, 0.15) is 46.0 Å². The molecule has 1 spiro atoms. The van der Waals surface area contributed by atoms with Crippen molar-refractivity contribution in [2.45, 2.75) is 51.5 Å². The zero-order chi connectivity index (χ0) is 13.9. The van der Waals surface area contributed by atoms with E-state index in [1.54, 1.807) is 4.31 Å². The highest BCUT2D eigenvalue weighted by molar-refractivity contribution is 7.87. The molecule has 19 heavy (non-hydrogen) atoms. The molecular formula is C13H27N3O2S. The van der Waals surface area contributed by atoms with Crippen LogP contribution in [0.4, 0.5) is 0 Å². The van der Waals surface area contributed by atoms with Crippen LogP contribution in [0.25, 0.3) is 0 Å². The first kappa shape index (κ1) is 15.2. The summed E-state index contributed by atoms with van der Waals surface area (Å²) in [6, 6.07) is 0. The van der Waals surface area contributed by atoms with E-state index in [0.717, 1.165) is 38.8 Å². The van der Waals surface area contributed by atoms with Crippen LogP contribution in [-0.2, 0) is 10.2 Å². The van der Waals surface area contributed by atoms with Crippen LogP contribution in [0.3, 0.4) is 0 Å². The van der Waals surface area contributed by atoms with Crippen molar-refractivity contribution >= 4 is 10.2 Å². The predicted molar refractivity (Wildman–Crippen MR) is 77.2 cm³/mol. The summed E-state index contributed by atoms with van der Waals surface area (Å²) in [6.45, 7) is 6.71. The Kier molecular flexibility index (Phi) is 4.87. The highest BCUT2D eigenvalue weighted by Gasteiger charge is 2.45. The fraction of sp³-hybridized carbons (Fsp3) is 1.00. The summed E-state index contributed by atoms with van der Waals surface area (Å²) in [4.78, 5) is 0. The lowest BCUT2D eigenvalue weighted by molar-refractivity contribution is 0.0995. The lowest BCUT2D eigenvalue weighted by Gasteiger charge is -2.48. The van der Waals surface area contributed by atoms with Crippen molar-refractivity contribution in [1.82, 2.24) is 14.3 Å². The lowest BCUT2D eigenvalue weighted by atomic mass is 9.80. The molecule has 0 bridgehead atoms. The molecule has 2 rings (SSSR count). The van der Waals surface area contributed by atoms with E-state index in [0.29, 0.717) is 19.0 Å². The molecule has 1 aliphatic heterocycles. The Balaban J connectivity index is 2.14. The number of nitrogens with one attached hydrogen (secondary N) is 2. The van der Waals surface area contributed by atoms with E-state index in [2.05, 4.69) is 10.0 Å². The summed E-state index contributed by atoms with van der Waals surface area (Å²) in [7, 11) is -3.34. The maximum atomic E-state index is 12.6. The van der Waals surface area contributed by atoms with E-state index < -0.39 is 10.2 Å². The van der Waals surface area contributed by atoms with Gasteiger partial charge >= 0.3 is 0 Å². The van der Waals surface area contributed by atoms with E-state index in [9.17, 15) is 8.42 Å². The highest BCUT2D eigenvalue weighted by Crippen LogP contribution is 2.35. The Morgan fingerprint density at radius 2 is 1.95 bits per heavy atom. The molecule has 0 aromatic heterocycles. The second-order valence-corrected chi connectivity index (χ2v) is 7.96. The largest absolute Gasteiger partial charge is 0.314 e. The molecule has 0 unspecified atom stereocenters. The summed E-state index contributed by atoms with van der Waals surface area (Å²) in [5.41, 5.74) is -0.181. The normalized spacial score (nSPS) is 25.0. The van der Waals surface area contributed by atoms with Gasteiger partial charge < -0.3 is 5.32 Å². The third-order valence-corrected chi connectivity index (χ3v) is 5.90. The summed E-state index contributed by atoms with van der Waals surface area (Å²) in [5, 5.41) is 3.38. The molecule has 1 aliphatic carbocycles. The molecule has 1 saturated carbocycles. The molecule has 0 aromatic rings. The molecule has 112 valence electrons. The van der Waals surface area contributed by atoms with Crippen molar-refractivity contribution in [3.05, 3.63) is 0 Å². The van der Waals surface area contributed by atoms with Gasteiger partial charge in [0.25, 0.3) is 10.2 Å². The molecular weight excluding hydrogens is 262 g/mol. The minimum absolute atomic E-state index is 0.181. The van der Waals surface area contributed by atoms with Crippen LogP contribution >= 0.6 is 0 Å². The first-order valence-corrected chi connectivity index (χ1v) is 8.88. The topological polar surface area (TPSA) is 61.4 Å². The number of rotatable bonds is 4. The van der Waals surface area contributed by atoms with Gasteiger partial charge in [-0.05, 0) is 18.8 Å². The van der Waals surface area contributed by atoms with Crippen LogP contribution < -0.4 is 10.0 Å². The molecule has 2 aliphatic rings. The molecule has 5 nitrogen and oxygen atoms in total. The van der Waals surface area contributed by atoms with Gasteiger partial charge in [-0.2, -0.15) is 12.7 Å². The minimum Gasteiger partial charge on any atom is -0.314 e. The summed E-state index contributed by atoms with van der Waals surface area (Å²) >= 11 is 0. The molecule has 0 amide bonds. The Morgan fingerprint density at radius 3 is 2.58 bits per heavy atom. The number of nitrogens with zero attached hydrogens (tertiary/aromatic N) is 1. The fourth-order valence-corrected chi connectivity index (χ4v) is 4.98. The maximum absolute atomic E-state index is 12.6. The van der Waals surface area contributed by atoms with Gasteiger partial charge in [0.2, 0.25) is 0 Å². The third kappa shape index (κ3) is 3.48. The molecule has 1 saturated heterocycles. The molecule has 0 atom stereocenters. The summed E-state index contributed by atoms with van der Waals surface area (Å²) in [5.74, 6) is 0.333. The standard InChI is InChI=1S/C13H27N3O2S/c1-12(2)10-15-19(17,18)16-9-8-14-11-13(16)6-4-3-5-7-13/h12,14-15H,3-11H2,1-2H3. The van der Waals surface area contributed by atoms with Gasteiger partial charge in [-0.15, -0.1) is 0 Å². The van der Waals surface area contributed by atoms with Crippen molar-refractivity contribution in [1.29, 1.82) is 0 Å². The smallest absolute Gasteiger partial charge is 0.280 e. The molecule has 0 radical (unpaired) electrons. The van der Waals surface area contributed by atoms with Gasteiger partial charge in [-0.1, -0.05) is 33.1 Å². The fourth-order valence-electron chi connectivity index (χ4n) is 3.19. The minimum atomic E-state index is -3.34. The van der Waals surface area contributed by atoms with Gasteiger partial charge in [-0.3, -0.25) is 0 Å². The first-order chi connectivity index (χ1) is 8.96. The van der Waals surface area contributed by atoms with Gasteiger partial charge in [0.05, 0.1) is 0 Å². The molecule has 1 heterocycles. The SMILES string of the molecule is CC(C)CNS(=O)(=O)N1CCNCC12CCCCC2. The Hall–Kier alpha value is -0.170. The maximum Gasteiger partial charge on any atom is 0.280 e. The van der Waals surface area contributed by atoms with Crippen LogP contribution in [0.15, 0.2) is 0 Å². The van der Waals surface area contributed by atoms with Crippen LogP contribution in [0, 0.1) is 5.92 Å². The molecule has 6 heteroatoms. The van der Waals surface area contributed by atoms with Crippen molar-refractivity contribution in [3.63, 3.8) is 0 Å². The van der Waals surface area contributed by atoms with Crippen LogP contribution in [0.2, 0.25) is 0 Å².